The zero-order chi connectivity index (χ0) is 16.4. The molecule has 3 saturated carbocycles. The van der Waals surface area contributed by atoms with Crippen LogP contribution in [0.1, 0.15) is 83.5 Å². The average molecular weight is 351 g/mol. The minimum absolute atomic E-state index is 0.0117. The summed E-state index contributed by atoms with van der Waals surface area (Å²) in [7, 11) is 0. The van der Waals surface area contributed by atoms with Gasteiger partial charge in [-0.2, -0.15) is 11.8 Å². The molecule has 3 aliphatic carbocycles. The van der Waals surface area contributed by atoms with Gasteiger partial charge in [0.25, 0.3) is 0 Å². The largest absolute Gasteiger partial charge is 0.393 e. The van der Waals surface area contributed by atoms with Crippen LogP contribution >= 0.6 is 11.8 Å². The molecule has 24 heavy (non-hydrogen) atoms. The minimum Gasteiger partial charge on any atom is -0.393 e. The van der Waals surface area contributed by atoms with Crippen LogP contribution in [0, 0.1) is 35.5 Å². The molecule has 4 fully saturated rings. The molecule has 0 aromatic heterocycles. The normalized spacial score (nSPS) is 43.1. The predicted octanol–water partition coefficient (Wildman–Crippen LogP) is 5.90. The summed E-state index contributed by atoms with van der Waals surface area (Å²) in [5.74, 6) is 8.96. The maximum Gasteiger partial charge on any atom is 0.0540 e. The van der Waals surface area contributed by atoms with E-state index in [4.69, 9.17) is 0 Å². The molecule has 1 heterocycles. The summed E-state index contributed by atoms with van der Waals surface area (Å²) < 4.78 is 0. The summed E-state index contributed by atoms with van der Waals surface area (Å²) in [5, 5.41) is 10.0. The maximum absolute atomic E-state index is 10.0. The van der Waals surface area contributed by atoms with Gasteiger partial charge in [0.05, 0.1) is 6.10 Å². The van der Waals surface area contributed by atoms with Gasteiger partial charge in [-0.3, -0.25) is 0 Å². The van der Waals surface area contributed by atoms with Crippen molar-refractivity contribution in [1.29, 1.82) is 0 Å². The van der Waals surface area contributed by atoms with Crippen molar-refractivity contribution in [2.75, 3.05) is 11.5 Å². The lowest BCUT2D eigenvalue weighted by molar-refractivity contribution is -0.0114. The summed E-state index contributed by atoms with van der Waals surface area (Å²) in [6.45, 7) is 0. The molecule has 2 heteroatoms. The van der Waals surface area contributed by atoms with E-state index in [0.29, 0.717) is 0 Å². The van der Waals surface area contributed by atoms with E-state index < -0.39 is 0 Å². The van der Waals surface area contributed by atoms with Crippen LogP contribution in [0.5, 0.6) is 0 Å². The zero-order valence-electron chi connectivity index (χ0n) is 15.5. The number of aliphatic hydroxyl groups excluding tert-OH is 1. The molecule has 4 rings (SSSR count). The molecule has 0 bridgehead atoms. The maximum atomic E-state index is 10.0. The third-order valence-corrected chi connectivity index (χ3v) is 9.27. The van der Waals surface area contributed by atoms with Gasteiger partial charge in [0.1, 0.15) is 0 Å². The van der Waals surface area contributed by atoms with Crippen LogP contribution in [0.15, 0.2) is 0 Å². The van der Waals surface area contributed by atoms with Crippen LogP contribution in [0.2, 0.25) is 0 Å². The first kappa shape index (κ1) is 17.7. The van der Waals surface area contributed by atoms with Crippen LogP contribution in [-0.4, -0.2) is 22.7 Å². The van der Waals surface area contributed by atoms with Gasteiger partial charge in [0.15, 0.2) is 0 Å². The molecule has 4 aliphatic rings. The van der Waals surface area contributed by atoms with Crippen molar-refractivity contribution in [1.82, 2.24) is 0 Å². The van der Waals surface area contributed by atoms with E-state index in [1.165, 1.54) is 75.7 Å². The molecule has 138 valence electrons. The van der Waals surface area contributed by atoms with Crippen molar-refractivity contribution in [3.05, 3.63) is 0 Å². The lowest BCUT2D eigenvalue weighted by atomic mass is 9.56. The number of fused-ring (bicyclic) bond motifs is 1. The molecule has 1 aliphatic heterocycles. The summed E-state index contributed by atoms with van der Waals surface area (Å²) in [6, 6.07) is 0. The monoisotopic (exact) mass is 350 g/mol. The van der Waals surface area contributed by atoms with Crippen molar-refractivity contribution in [2.45, 2.75) is 89.6 Å². The molecule has 1 nitrogen and oxygen atoms in total. The van der Waals surface area contributed by atoms with Crippen molar-refractivity contribution in [2.24, 2.45) is 35.5 Å². The number of thioether (sulfide) groups is 1. The summed E-state index contributed by atoms with van der Waals surface area (Å²) >= 11 is 2.19. The molecule has 0 radical (unpaired) electrons. The molecule has 0 aromatic carbocycles. The molecule has 0 spiro atoms. The molecular formula is C22H38OS. The van der Waals surface area contributed by atoms with E-state index in [-0.39, 0.29) is 6.10 Å². The zero-order valence-corrected chi connectivity index (χ0v) is 16.3. The van der Waals surface area contributed by atoms with E-state index in [1.54, 1.807) is 6.42 Å². The highest BCUT2D eigenvalue weighted by Gasteiger charge is 2.44. The molecule has 4 unspecified atom stereocenters. The first-order valence-electron chi connectivity index (χ1n) is 11.1. The fourth-order valence-corrected chi connectivity index (χ4v) is 8.28. The van der Waals surface area contributed by atoms with Gasteiger partial charge in [0.2, 0.25) is 0 Å². The van der Waals surface area contributed by atoms with E-state index in [2.05, 4.69) is 11.8 Å². The van der Waals surface area contributed by atoms with Gasteiger partial charge in [-0.25, -0.2) is 0 Å². The Bertz CT molecular complexity index is 381. The Labute approximate surface area is 153 Å². The Morgan fingerprint density at radius 2 is 1.33 bits per heavy atom. The number of aliphatic hydroxyl groups is 1. The topological polar surface area (TPSA) is 20.2 Å². The van der Waals surface area contributed by atoms with Crippen molar-refractivity contribution in [3.63, 3.8) is 0 Å². The van der Waals surface area contributed by atoms with Crippen molar-refractivity contribution >= 4 is 11.8 Å². The van der Waals surface area contributed by atoms with Gasteiger partial charge < -0.3 is 5.11 Å². The second kappa shape index (κ2) is 8.33. The molecule has 1 N–H and O–H groups in total. The Balaban J connectivity index is 1.53. The third kappa shape index (κ3) is 3.85. The highest BCUT2D eigenvalue weighted by Crippen LogP contribution is 2.53. The van der Waals surface area contributed by atoms with Crippen LogP contribution in [0.3, 0.4) is 0 Å². The third-order valence-electron chi connectivity index (χ3n) is 8.22. The SMILES string of the molecule is OC1CCC(C(C2CCSCC2)C2CCCC3CCCCC32)CC1. The number of hydrogen-bond acceptors (Lipinski definition) is 2. The van der Waals surface area contributed by atoms with Crippen LogP contribution in [-0.2, 0) is 0 Å². The number of hydrogen-bond donors (Lipinski definition) is 1. The lowest BCUT2D eigenvalue weighted by Gasteiger charge is -2.50. The first-order chi connectivity index (χ1) is 11.8. The summed E-state index contributed by atoms with van der Waals surface area (Å²) in [5.41, 5.74) is 0. The van der Waals surface area contributed by atoms with Gasteiger partial charge in [0, 0.05) is 0 Å². The van der Waals surface area contributed by atoms with Gasteiger partial charge >= 0.3 is 0 Å². The van der Waals surface area contributed by atoms with Crippen LogP contribution < -0.4 is 0 Å². The van der Waals surface area contributed by atoms with E-state index in [0.717, 1.165) is 48.3 Å². The Kier molecular flexibility index (Phi) is 6.15. The number of rotatable bonds is 3. The second-order valence-corrected chi connectivity index (χ2v) is 10.6. The van der Waals surface area contributed by atoms with Gasteiger partial charge in [-0.15, -0.1) is 0 Å². The molecule has 1 saturated heterocycles. The highest BCUT2D eigenvalue weighted by molar-refractivity contribution is 7.99. The molecular weight excluding hydrogens is 312 g/mol. The van der Waals surface area contributed by atoms with E-state index >= 15 is 0 Å². The minimum atomic E-state index is 0.0117. The summed E-state index contributed by atoms with van der Waals surface area (Å²) in [4.78, 5) is 0. The Morgan fingerprint density at radius 3 is 2.12 bits per heavy atom. The highest BCUT2D eigenvalue weighted by atomic mass is 32.2. The van der Waals surface area contributed by atoms with Gasteiger partial charge in [-0.1, -0.05) is 32.1 Å². The molecule has 4 atom stereocenters. The fraction of sp³-hybridized carbons (Fsp3) is 1.00. The fourth-order valence-electron chi connectivity index (χ4n) is 7.14. The Hall–Kier alpha value is 0.310. The Morgan fingerprint density at radius 1 is 0.667 bits per heavy atom. The summed E-state index contributed by atoms with van der Waals surface area (Å²) in [6.07, 6.45) is 18.5. The van der Waals surface area contributed by atoms with Crippen molar-refractivity contribution < 1.29 is 5.11 Å². The quantitative estimate of drug-likeness (QED) is 0.683. The van der Waals surface area contributed by atoms with Crippen LogP contribution in [0.4, 0.5) is 0 Å². The lowest BCUT2D eigenvalue weighted by Crippen LogP contribution is -2.43. The predicted molar refractivity (Wildman–Crippen MR) is 104 cm³/mol. The molecule has 0 amide bonds. The van der Waals surface area contributed by atoms with Crippen LogP contribution in [0.25, 0.3) is 0 Å². The average Bonchev–Trinajstić information content (AvgIpc) is 2.65. The smallest absolute Gasteiger partial charge is 0.0540 e. The first-order valence-corrected chi connectivity index (χ1v) is 12.2. The van der Waals surface area contributed by atoms with E-state index in [1.807, 2.05) is 0 Å². The van der Waals surface area contributed by atoms with Gasteiger partial charge in [-0.05, 0) is 98.4 Å². The van der Waals surface area contributed by atoms with E-state index in [9.17, 15) is 5.11 Å². The van der Waals surface area contributed by atoms with Crippen molar-refractivity contribution in [3.8, 4) is 0 Å². The molecule has 0 aromatic rings. The second-order valence-electron chi connectivity index (χ2n) is 9.40. The standard InChI is InChI=1S/C22H38OS/c23-19-10-8-17(9-11-19)22(18-12-14-24-15-13-18)21-7-3-5-16-4-1-2-6-20(16)21/h16-23H,1-15H2.